The first kappa shape index (κ1) is 13.7. The third-order valence-corrected chi connectivity index (χ3v) is 4.79. The van der Waals surface area contributed by atoms with Gasteiger partial charge in [0, 0.05) is 25.2 Å². The normalized spacial score (nSPS) is 24.5. The molecule has 104 valence electrons. The van der Waals surface area contributed by atoms with Crippen LogP contribution in [0.5, 0.6) is 0 Å². The van der Waals surface area contributed by atoms with E-state index in [1.807, 2.05) is 0 Å². The van der Waals surface area contributed by atoms with Crippen LogP contribution in [0, 0.1) is 0 Å². The SMILES string of the molecule is NC(=O)C1CC(O)CN1S(=O)(=O)c1ccc(=O)[nH]c1. The number of carbonyl (C=O) groups excluding carboxylic acids is 1. The number of aliphatic hydroxyl groups excluding tert-OH is 1. The maximum Gasteiger partial charge on any atom is 0.247 e. The van der Waals surface area contributed by atoms with Crippen molar-refractivity contribution in [1.29, 1.82) is 0 Å². The maximum atomic E-state index is 12.3. The third-order valence-electron chi connectivity index (χ3n) is 2.92. The summed E-state index contributed by atoms with van der Waals surface area (Å²) in [5.41, 5.74) is 4.70. The molecule has 2 unspecified atom stereocenters. The molecule has 2 heterocycles. The fraction of sp³-hybridized carbons (Fsp3) is 0.400. The first-order chi connectivity index (χ1) is 8.82. The number of hydrogen-bond donors (Lipinski definition) is 3. The number of aromatic amines is 1. The maximum absolute atomic E-state index is 12.3. The van der Waals surface area contributed by atoms with Crippen molar-refractivity contribution in [1.82, 2.24) is 9.29 Å². The van der Waals surface area contributed by atoms with Crippen molar-refractivity contribution in [2.24, 2.45) is 5.73 Å². The monoisotopic (exact) mass is 287 g/mol. The number of carbonyl (C=O) groups is 1. The number of sulfonamides is 1. The summed E-state index contributed by atoms with van der Waals surface area (Å²) in [6, 6.07) is 1.13. The first-order valence-corrected chi connectivity index (χ1v) is 6.94. The topological polar surface area (TPSA) is 134 Å². The Hall–Kier alpha value is -1.71. The first-order valence-electron chi connectivity index (χ1n) is 5.50. The zero-order valence-electron chi connectivity index (χ0n) is 9.81. The quantitative estimate of drug-likeness (QED) is 0.590. The Balaban J connectivity index is 2.41. The molecule has 8 nitrogen and oxygen atoms in total. The van der Waals surface area contributed by atoms with Gasteiger partial charge in [0.25, 0.3) is 0 Å². The zero-order chi connectivity index (χ0) is 14.2. The smallest absolute Gasteiger partial charge is 0.247 e. The van der Waals surface area contributed by atoms with E-state index in [9.17, 15) is 23.1 Å². The molecule has 1 aliphatic heterocycles. The number of nitrogens with zero attached hydrogens (tertiary/aromatic N) is 1. The van der Waals surface area contributed by atoms with Crippen LogP contribution in [0.3, 0.4) is 0 Å². The molecule has 0 aliphatic carbocycles. The minimum absolute atomic E-state index is 0.0298. The van der Waals surface area contributed by atoms with E-state index in [1.165, 1.54) is 0 Å². The summed E-state index contributed by atoms with van der Waals surface area (Å²) in [5.74, 6) is -0.815. The van der Waals surface area contributed by atoms with Crippen LogP contribution in [0.25, 0.3) is 0 Å². The van der Waals surface area contributed by atoms with Gasteiger partial charge in [0.15, 0.2) is 0 Å². The highest BCUT2D eigenvalue weighted by Gasteiger charge is 2.42. The Morgan fingerprint density at radius 2 is 2.16 bits per heavy atom. The summed E-state index contributed by atoms with van der Waals surface area (Å²) in [6.45, 7) is -0.199. The highest BCUT2D eigenvalue weighted by Crippen LogP contribution is 2.25. The molecular formula is C10H13N3O5S. The second kappa shape index (κ2) is 4.76. The average Bonchev–Trinajstić information content (AvgIpc) is 2.73. The van der Waals surface area contributed by atoms with Crippen LogP contribution >= 0.6 is 0 Å². The largest absolute Gasteiger partial charge is 0.392 e. The van der Waals surface area contributed by atoms with Gasteiger partial charge in [-0.3, -0.25) is 9.59 Å². The van der Waals surface area contributed by atoms with Crippen LogP contribution in [-0.2, 0) is 14.8 Å². The summed E-state index contributed by atoms with van der Waals surface area (Å²) in [4.78, 5) is 24.2. The predicted octanol–water partition coefficient (Wildman–Crippen LogP) is -2.02. The lowest BCUT2D eigenvalue weighted by Crippen LogP contribution is -2.43. The number of nitrogens with one attached hydrogen (secondary N) is 1. The predicted molar refractivity (Wildman–Crippen MR) is 64.6 cm³/mol. The fourth-order valence-electron chi connectivity index (χ4n) is 2.00. The van der Waals surface area contributed by atoms with Crippen LogP contribution < -0.4 is 11.3 Å². The molecule has 19 heavy (non-hydrogen) atoms. The molecule has 0 spiro atoms. The Morgan fingerprint density at radius 1 is 1.47 bits per heavy atom. The van der Waals surface area contributed by atoms with E-state index < -0.39 is 33.6 Å². The molecule has 1 amide bonds. The highest BCUT2D eigenvalue weighted by molar-refractivity contribution is 7.89. The van der Waals surface area contributed by atoms with Crippen molar-refractivity contribution in [3.05, 3.63) is 28.7 Å². The van der Waals surface area contributed by atoms with Gasteiger partial charge in [0.05, 0.1) is 11.0 Å². The lowest BCUT2D eigenvalue weighted by molar-refractivity contribution is -0.121. The second-order valence-corrected chi connectivity index (χ2v) is 6.16. The van der Waals surface area contributed by atoms with E-state index in [2.05, 4.69) is 4.98 Å². The van der Waals surface area contributed by atoms with Crippen molar-refractivity contribution in [3.63, 3.8) is 0 Å². The molecule has 1 aliphatic rings. The van der Waals surface area contributed by atoms with Crippen molar-refractivity contribution < 1.29 is 18.3 Å². The minimum atomic E-state index is -3.98. The molecule has 0 bridgehead atoms. The number of aliphatic hydroxyl groups is 1. The Morgan fingerprint density at radius 3 is 2.68 bits per heavy atom. The van der Waals surface area contributed by atoms with Crippen LogP contribution in [0.2, 0.25) is 0 Å². The molecule has 0 saturated carbocycles. The fourth-order valence-corrected chi connectivity index (χ4v) is 3.61. The number of H-pyrrole nitrogens is 1. The molecular weight excluding hydrogens is 274 g/mol. The number of nitrogens with two attached hydrogens (primary N) is 1. The van der Waals surface area contributed by atoms with Crippen LogP contribution in [0.15, 0.2) is 28.0 Å². The van der Waals surface area contributed by atoms with E-state index in [1.54, 1.807) is 0 Å². The molecule has 9 heteroatoms. The number of rotatable bonds is 3. The molecule has 2 atom stereocenters. The van der Waals surface area contributed by atoms with Gasteiger partial charge >= 0.3 is 0 Å². The van der Waals surface area contributed by atoms with Gasteiger partial charge in [-0.25, -0.2) is 8.42 Å². The van der Waals surface area contributed by atoms with E-state index in [0.717, 1.165) is 22.6 Å². The van der Waals surface area contributed by atoms with Crippen molar-refractivity contribution in [3.8, 4) is 0 Å². The third kappa shape index (κ3) is 2.53. The van der Waals surface area contributed by atoms with E-state index >= 15 is 0 Å². The number of aromatic nitrogens is 1. The van der Waals surface area contributed by atoms with Gasteiger partial charge in [-0.1, -0.05) is 0 Å². The average molecular weight is 287 g/mol. The molecule has 1 aromatic rings. The molecule has 0 aromatic carbocycles. The zero-order valence-corrected chi connectivity index (χ0v) is 10.6. The molecule has 1 fully saturated rings. The molecule has 1 saturated heterocycles. The van der Waals surface area contributed by atoms with Crippen molar-refractivity contribution in [2.45, 2.75) is 23.5 Å². The Bertz CT molecular complexity index is 633. The standard InChI is InChI=1S/C10H13N3O5S/c11-10(16)8-3-6(14)5-13(8)19(17,18)7-1-2-9(15)12-4-7/h1-2,4,6,8,14H,3,5H2,(H2,11,16)(H,12,15). The van der Waals surface area contributed by atoms with Crippen LogP contribution in [0.4, 0.5) is 0 Å². The summed E-state index contributed by atoms with van der Waals surface area (Å²) in [7, 11) is -3.98. The van der Waals surface area contributed by atoms with Gasteiger partial charge in [0.1, 0.15) is 6.04 Å². The summed E-state index contributed by atoms with van der Waals surface area (Å²) >= 11 is 0. The lowest BCUT2D eigenvalue weighted by atomic mass is 10.2. The number of amides is 1. The van der Waals surface area contributed by atoms with E-state index in [4.69, 9.17) is 5.73 Å². The summed E-state index contributed by atoms with van der Waals surface area (Å²) in [6.07, 6.45) is 0.0771. The Kier molecular flexibility index (Phi) is 3.43. The van der Waals surface area contributed by atoms with Gasteiger partial charge in [0.2, 0.25) is 21.5 Å². The van der Waals surface area contributed by atoms with Gasteiger partial charge in [-0.15, -0.1) is 0 Å². The van der Waals surface area contributed by atoms with Crippen LogP contribution in [0.1, 0.15) is 6.42 Å². The lowest BCUT2D eigenvalue weighted by Gasteiger charge is -2.21. The summed E-state index contributed by atoms with van der Waals surface area (Å²) < 4.78 is 25.4. The van der Waals surface area contributed by atoms with Gasteiger partial charge in [-0.2, -0.15) is 4.31 Å². The second-order valence-electron chi connectivity index (χ2n) is 4.27. The van der Waals surface area contributed by atoms with E-state index in [0.29, 0.717) is 0 Å². The minimum Gasteiger partial charge on any atom is -0.392 e. The van der Waals surface area contributed by atoms with Crippen LogP contribution in [-0.4, -0.2) is 47.4 Å². The molecule has 2 rings (SSSR count). The number of pyridine rings is 1. The number of β-amino-alcohol motifs (C(OH)–C–C–N with tert-alkyl or cyclic N) is 1. The number of hydrogen-bond acceptors (Lipinski definition) is 5. The van der Waals surface area contributed by atoms with E-state index in [-0.39, 0.29) is 17.9 Å². The summed E-state index contributed by atoms with van der Waals surface area (Å²) in [5, 5.41) is 9.50. The Labute approximate surface area is 108 Å². The molecule has 0 radical (unpaired) electrons. The van der Waals surface area contributed by atoms with Crippen molar-refractivity contribution >= 4 is 15.9 Å². The highest BCUT2D eigenvalue weighted by atomic mass is 32.2. The van der Waals surface area contributed by atoms with Crippen molar-refractivity contribution in [2.75, 3.05) is 6.54 Å². The number of primary amides is 1. The molecule has 1 aromatic heterocycles. The van der Waals surface area contributed by atoms with Gasteiger partial charge in [-0.05, 0) is 6.07 Å². The van der Waals surface area contributed by atoms with Gasteiger partial charge < -0.3 is 15.8 Å². The molecule has 4 N–H and O–H groups in total.